The van der Waals surface area contributed by atoms with Gasteiger partial charge < -0.3 is 19.5 Å². The summed E-state index contributed by atoms with van der Waals surface area (Å²) in [6.45, 7) is 7.82. The number of hydrogen-bond acceptors (Lipinski definition) is 4. The third-order valence-electron chi connectivity index (χ3n) is 3.11. The van der Waals surface area contributed by atoms with E-state index in [1.54, 1.807) is 7.11 Å². The van der Waals surface area contributed by atoms with Crippen molar-refractivity contribution in [2.75, 3.05) is 40.1 Å². The van der Waals surface area contributed by atoms with Crippen LogP contribution >= 0.6 is 0 Å². The maximum atomic E-state index is 5.85. The van der Waals surface area contributed by atoms with Gasteiger partial charge in [0.2, 0.25) is 0 Å². The Balaban J connectivity index is 2.70. The first-order valence-corrected chi connectivity index (χ1v) is 7.85. The van der Waals surface area contributed by atoms with Crippen molar-refractivity contribution in [2.45, 2.75) is 32.7 Å². The number of methoxy groups -OCH3 is 1. The minimum atomic E-state index is 0.148. The van der Waals surface area contributed by atoms with Crippen LogP contribution < -0.4 is 10.1 Å². The van der Waals surface area contributed by atoms with E-state index in [9.17, 15) is 0 Å². The van der Waals surface area contributed by atoms with Crippen molar-refractivity contribution in [3.63, 3.8) is 0 Å². The average Bonchev–Trinajstić information content (AvgIpc) is 2.53. The maximum absolute atomic E-state index is 5.85. The number of nitrogens with one attached hydrogen (secondary N) is 1. The zero-order valence-corrected chi connectivity index (χ0v) is 13.6. The van der Waals surface area contributed by atoms with Crippen LogP contribution in [0.5, 0.6) is 5.75 Å². The summed E-state index contributed by atoms with van der Waals surface area (Å²) >= 11 is 0. The molecule has 0 saturated heterocycles. The molecular weight excluding hydrogens is 266 g/mol. The lowest BCUT2D eigenvalue weighted by Gasteiger charge is -2.22. The second-order valence-electron chi connectivity index (χ2n) is 4.96. The van der Waals surface area contributed by atoms with E-state index >= 15 is 0 Å². The first-order chi connectivity index (χ1) is 10.3. The van der Waals surface area contributed by atoms with Crippen molar-refractivity contribution in [1.82, 2.24) is 5.32 Å². The van der Waals surface area contributed by atoms with Gasteiger partial charge in [0.25, 0.3) is 0 Å². The minimum Gasteiger partial charge on any atom is -0.493 e. The largest absolute Gasteiger partial charge is 0.493 e. The zero-order valence-electron chi connectivity index (χ0n) is 13.6. The minimum absolute atomic E-state index is 0.148. The molecule has 1 atom stereocenters. The molecule has 0 aliphatic carbocycles. The quantitative estimate of drug-likeness (QED) is 0.601. The van der Waals surface area contributed by atoms with E-state index in [0.29, 0.717) is 19.8 Å². The van der Waals surface area contributed by atoms with E-state index in [-0.39, 0.29) is 6.04 Å². The summed E-state index contributed by atoms with van der Waals surface area (Å²) in [6.07, 6.45) is 2.10. The number of hydrogen-bond donors (Lipinski definition) is 1. The van der Waals surface area contributed by atoms with E-state index in [4.69, 9.17) is 14.2 Å². The first kappa shape index (κ1) is 18.0. The Morgan fingerprint density at radius 3 is 2.57 bits per heavy atom. The van der Waals surface area contributed by atoms with Crippen LogP contribution in [0, 0.1) is 0 Å². The Morgan fingerprint density at radius 2 is 1.86 bits per heavy atom. The van der Waals surface area contributed by atoms with Crippen LogP contribution in [0.2, 0.25) is 0 Å². The molecule has 0 radical (unpaired) electrons. The average molecular weight is 295 g/mol. The SMILES string of the molecule is CCCNC(COCCOC)c1ccccc1OCCC. The van der Waals surface area contributed by atoms with Crippen molar-refractivity contribution in [1.29, 1.82) is 0 Å². The molecule has 1 N–H and O–H groups in total. The summed E-state index contributed by atoms with van der Waals surface area (Å²) in [5.74, 6) is 0.947. The van der Waals surface area contributed by atoms with Crippen LogP contribution in [0.1, 0.15) is 38.3 Å². The summed E-state index contributed by atoms with van der Waals surface area (Å²) < 4.78 is 16.6. The molecule has 0 amide bonds. The highest BCUT2D eigenvalue weighted by Crippen LogP contribution is 2.25. The number of para-hydroxylation sites is 1. The first-order valence-electron chi connectivity index (χ1n) is 7.85. The lowest BCUT2D eigenvalue weighted by molar-refractivity contribution is 0.0581. The highest BCUT2D eigenvalue weighted by molar-refractivity contribution is 5.36. The molecule has 4 heteroatoms. The van der Waals surface area contributed by atoms with Crippen LogP contribution in [0.15, 0.2) is 24.3 Å². The van der Waals surface area contributed by atoms with E-state index in [1.165, 1.54) is 0 Å². The Hall–Kier alpha value is -1.10. The molecule has 120 valence electrons. The van der Waals surface area contributed by atoms with Gasteiger partial charge in [0.05, 0.1) is 32.5 Å². The number of benzene rings is 1. The van der Waals surface area contributed by atoms with Crippen LogP contribution in [0.4, 0.5) is 0 Å². The van der Waals surface area contributed by atoms with Gasteiger partial charge in [-0.15, -0.1) is 0 Å². The van der Waals surface area contributed by atoms with E-state index in [1.807, 2.05) is 18.2 Å². The van der Waals surface area contributed by atoms with Gasteiger partial charge in [-0.25, -0.2) is 0 Å². The second kappa shape index (κ2) is 11.5. The Kier molecular flexibility index (Phi) is 9.87. The zero-order chi connectivity index (χ0) is 15.3. The molecule has 0 bridgehead atoms. The summed E-state index contributed by atoms with van der Waals surface area (Å²) in [4.78, 5) is 0. The third-order valence-corrected chi connectivity index (χ3v) is 3.11. The molecule has 1 unspecified atom stereocenters. The van der Waals surface area contributed by atoms with Gasteiger partial charge >= 0.3 is 0 Å². The molecule has 0 aromatic heterocycles. The van der Waals surface area contributed by atoms with Crippen molar-refractivity contribution >= 4 is 0 Å². The number of ether oxygens (including phenoxy) is 3. The van der Waals surface area contributed by atoms with Gasteiger partial charge in [-0.1, -0.05) is 32.0 Å². The molecule has 0 fully saturated rings. The molecule has 1 rings (SSSR count). The molecular formula is C17H29NO3. The van der Waals surface area contributed by atoms with Gasteiger partial charge in [0.15, 0.2) is 0 Å². The van der Waals surface area contributed by atoms with E-state index in [0.717, 1.165) is 37.3 Å². The monoisotopic (exact) mass is 295 g/mol. The summed E-state index contributed by atoms with van der Waals surface area (Å²) in [5, 5.41) is 3.53. The molecule has 4 nitrogen and oxygen atoms in total. The normalized spacial score (nSPS) is 12.3. The highest BCUT2D eigenvalue weighted by atomic mass is 16.5. The topological polar surface area (TPSA) is 39.7 Å². The molecule has 0 aliphatic rings. The molecule has 0 heterocycles. The maximum Gasteiger partial charge on any atom is 0.124 e. The Bertz CT molecular complexity index is 371. The number of rotatable bonds is 12. The van der Waals surface area contributed by atoms with Crippen LogP contribution in [-0.2, 0) is 9.47 Å². The van der Waals surface area contributed by atoms with Crippen molar-refractivity contribution in [2.24, 2.45) is 0 Å². The fraction of sp³-hybridized carbons (Fsp3) is 0.647. The third kappa shape index (κ3) is 6.93. The van der Waals surface area contributed by atoms with Crippen molar-refractivity contribution < 1.29 is 14.2 Å². The van der Waals surface area contributed by atoms with Crippen molar-refractivity contribution in [3.05, 3.63) is 29.8 Å². The van der Waals surface area contributed by atoms with Gasteiger partial charge in [0, 0.05) is 12.7 Å². The van der Waals surface area contributed by atoms with E-state index in [2.05, 4.69) is 25.2 Å². The van der Waals surface area contributed by atoms with Gasteiger partial charge in [-0.2, -0.15) is 0 Å². The van der Waals surface area contributed by atoms with Crippen molar-refractivity contribution in [3.8, 4) is 5.75 Å². The van der Waals surface area contributed by atoms with Gasteiger partial charge in [-0.05, 0) is 25.5 Å². The summed E-state index contributed by atoms with van der Waals surface area (Å²) in [7, 11) is 1.68. The fourth-order valence-corrected chi connectivity index (χ4v) is 2.03. The second-order valence-corrected chi connectivity index (χ2v) is 4.96. The predicted molar refractivity (Wildman–Crippen MR) is 86.0 cm³/mol. The van der Waals surface area contributed by atoms with E-state index < -0.39 is 0 Å². The molecule has 0 spiro atoms. The van der Waals surface area contributed by atoms with Crippen LogP contribution in [-0.4, -0.2) is 40.1 Å². The van der Waals surface area contributed by atoms with Gasteiger partial charge in [0.1, 0.15) is 5.75 Å². The molecule has 0 aliphatic heterocycles. The molecule has 1 aromatic carbocycles. The standard InChI is InChI=1S/C17H29NO3/c1-4-10-18-16(14-20-13-12-19-3)15-8-6-7-9-17(15)21-11-5-2/h6-9,16,18H,4-5,10-14H2,1-3H3. The highest BCUT2D eigenvalue weighted by Gasteiger charge is 2.15. The molecule has 1 aromatic rings. The summed E-state index contributed by atoms with van der Waals surface area (Å²) in [5.41, 5.74) is 1.16. The smallest absolute Gasteiger partial charge is 0.124 e. The molecule has 21 heavy (non-hydrogen) atoms. The fourth-order valence-electron chi connectivity index (χ4n) is 2.03. The lowest BCUT2D eigenvalue weighted by atomic mass is 10.1. The van der Waals surface area contributed by atoms with Crippen LogP contribution in [0.3, 0.4) is 0 Å². The molecule has 0 saturated carbocycles. The Morgan fingerprint density at radius 1 is 1.05 bits per heavy atom. The Labute approximate surface area is 128 Å². The van der Waals surface area contributed by atoms with Crippen LogP contribution in [0.25, 0.3) is 0 Å². The summed E-state index contributed by atoms with van der Waals surface area (Å²) in [6, 6.07) is 8.34. The van der Waals surface area contributed by atoms with Gasteiger partial charge in [-0.3, -0.25) is 0 Å². The lowest BCUT2D eigenvalue weighted by Crippen LogP contribution is -2.27. The predicted octanol–water partition coefficient (Wildman–Crippen LogP) is 3.18.